The highest BCUT2D eigenvalue weighted by atomic mass is 19.4. The number of nitrogens with zero attached hydrogens (tertiary/aromatic N) is 5. The number of nitrogens with one attached hydrogen (secondary N) is 1. The number of hydrogen-bond donors (Lipinski definition) is 2. The van der Waals surface area contributed by atoms with E-state index in [-0.39, 0.29) is 23.4 Å². The van der Waals surface area contributed by atoms with Gasteiger partial charge in [-0.05, 0) is 50.6 Å². The summed E-state index contributed by atoms with van der Waals surface area (Å²) in [6.45, 7) is 6.65. The molecule has 1 fully saturated rings. The number of amides is 1. The molecule has 4 rings (SSSR count). The summed E-state index contributed by atoms with van der Waals surface area (Å²) in [7, 11) is 1.99. The molecule has 0 saturated carbocycles. The molecule has 38 heavy (non-hydrogen) atoms. The maximum Gasteiger partial charge on any atom is 0.416 e. The summed E-state index contributed by atoms with van der Waals surface area (Å²) in [5, 5.41) is 2.56. The van der Waals surface area contributed by atoms with Gasteiger partial charge < -0.3 is 16.0 Å². The highest BCUT2D eigenvalue weighted by Gasteiger charge is 2.34. The maximum absolute atomic E-state index is 13.9. The predicted molar refractivity (Wildman–Crippen MR) is 138 cm³/mol. The Hall–Kier alpha value is -4.01. The molecular weight excluding hydrogens is 495 g/mol. The smallest absolute Gasteiger partial charge is 0.382 e. The number of benzene rings is 1. The number of carbonyl (C=O) groups excluding carboxylic acids is 1. The van der Waals surface area contributed by atoms with Crippen LogP contribution in [0.2, 0.25) is 0 Å². The molecule has 1 aliphatic heterocycles. The van der Waals surface area contributed by atoms with Gasteiger partial charge in [-0.2, -0.15) is 13.2 Å². The molecule has 0 atom stereocenters. The molecule has 1 saturated heterocycles. The summed E-state index contributed by atoms with van der Waals surface area (Å²) in [5.74, 6) is 5.51. The third-order valence-electron chi connectivity index (χ3n) is 6.32. The van der Waals surface area contributed by atoms with Gasteiger partial charge >= 0.3 is 6.18 Å². The Bertz CT molecular complexity index is 1400. The van der Waals surface area contributed by atoms with Gasteiger partial charge in [-0.15, -0.1) is 0 Å². The number of nitrogen functional groups attached to an aromatic ring is 1. The number of carbonyl (C=O) groups is 1. The Kier molecular flexibility index (Phi) is 7.94. The van der Waals surface area contributed by atoms with Gasteiger partial charge in [0.2, 0.25) is 0 Å². The maximum atomic E-state index is 13.9. The summed E-state index contributed by atoms with van der Waals surface area (Å²) in [4.78, 5) is 29.5. The Morgan fingerprint density at radius 2 is 1.79 bits per heavy atom. The fourth-order valence-corrected chi connectivity index (χ4v) is 3.97. The minimum absolute atomic E-state index is 0.0466. The van der Waals surface area contributed by atoms with Crippen molar-refractivity contribution in [2.75, 3.05) is 44.3 Å². The van der Waals surface area contributed by atoms with E-state index < -0.39 is 17.6 Å². The Labute approximate surface area is 219 Å². The zero-order chi connectivity index (χ0) is 27.4. The molecule has 8 nitrogen and oxygen atoms in total. The second kappa shape index (κ2) is 11.2. The second-order valence-electron chi connectivity index (χ2n) is 9.24. The third kappa shape index (κ3) is 6.65. The van der Waals surface area contributed by atoms with Crippen LogP contribution in [0.15, 0.2) is 36.7 Å². The normalized spacial score (nSPS) is 14.6. The molecule has 1 amide bonds. The van der Waals surface area contributed by atoms with Crippen LogP contribution in [-0.4, -0.2) is 63.9 Å². The van der Waals surface area contributed by atoms with Gasteiger partial charge in [0.05, 0.1) is 28.7 Å². The first-order chi connectivity index (χ1) is 18.0. The van der Waals surface area contributed by atoms with Gasteiger partial charge in [0, 0.05) is 50.2 Å². The molecule has 1 aliphatic rings. The number of pyridine rings is 1. The molecule has 1 aromatic carbocycles. The molecule has 0 spiro atoms. The van der Waals surface area contributed by atoms with Gasteiger partial charge in [-0.25, -0.2) is 9.97 Å². The van der Waals surface area contributed by atoms with Crippen LogP contribution in [0.3, 0.4) is 0 Å². The SMILES string of the molecule is Cc1ncc(C(=O)Nc2ccc(CN3CCN(C)CC3)c(C(F)(F)F)c2)cc1C#Cc1cnc(N)c(C)n1. The first kappa shape index (κ1) is 27.0. The number of alkyl halides is 3. The third-order valence-corrected chi connectivity index (χ3v) is 6.32. The number of rotatable bonds is 4. The average Bonchev–Trinajstić information content (AvgIpc) is 2.87. The molecule has 0 unspecified atom stereocenters. The van der Waals surface area contributed by atoms with E-state index >= 15 is 0 Å². The van der Waals surface area contributed by atoms with Gasteiger partial charge in [-0.3, -0.25) is 14.7 Å². The fraction of sp³-hybridized carbons (Fsp3) is 0.333. The van der Waals surface area contributed by atoms with Crippen molar-refractivity contribution in [1.29, 1.82) is 0 Å². The lowest BCUT2D eigenvalue weighted by Gasteiger charge is -2.33. The molecule has 11 heteroatoms. The van der Waals surface area contributed by atoms with Crippen molar-refractivity contribution in [3.63, 3.8) is 0 Å². The van der Waals surface area contributed by atoms with Gasteiger partial charge in [0.1, 0.15) is 11.5 Å². The number of anilines is 2. The monoisotopic (exact) mass is 523 g/mol. The fourth-order valence-electron chi connectivity index (χ4n) is 3.97. The molecule has 3 N–H and O–H groups in total. The second-order valence-corrected chi connectivity index (χ2v) is 9.24. The highest BCUT2D eigenvalue weighted by Crippen LogP contribution is 2.34. The van der Waals surface area contributed by atoms with Crippen molar-refractivity contribution < 1.29 is 18.0 Å². The number of halogens is 3. The summed E-state index contributed by atoms with van der Waals surface area (Å²) in [5.41, 5.74) is 7.32. The number of aryl methyl sites for hydroxylation is 2. The quantitative estimate of drug-likeness (QED) is 0.505. The Morgan fingerprint density at radius 3 is 2.47 bits per heavy atom. The van der Waals surface area contributed by atoms with Crippen molar-refractivity contribution >= 4 is 17.4 Å². The van der Waals surface area contributed by atoms with Crippen LogP contribution in [0.5, 0.6) is 0 Å². The van der Waals surface area contributed by atoms with Crippen LogP contribution in [0.1, 0.15) is 44.1 Å². The summed E-state index contributed by atoms with van der Waals surface area (Å²) < 4.78 is 41.7. The first-order valence-electron chi connectivity index (χ1n) is 12.0. The molecule has 0 bridgehead atoms. The zero-order valence-electron chi connectivity index (χ0n) is 21.4. The van der Waals surface area contributed by atoms with Crippen LogP contribution in [0.4, 0.5) is 24.7 Å². The van der Waals surface area contributed by atoms with Crippen molar-refractivity contribution in [2.45, 2.75) is 26.6 Å². The van der Waals surface area contributed by atoms with E-state index in [2.05, 4.69) is 37.0 Å². The van der Waals surface area contributed by atoms with Gasteiger partial charge in [-0.1, -0.05) is 12.0 Å². The van der Waals surface area contributed by atoms with E-state index in [1.165, 1.54) is 30.6 Å². The van der Waals surface area contributed by atoms with E-state index in [1.807, 2.05) is 11.9 Å². The molecule has 3 heterocycles. The van der Waals surface area contributed by atoms with Crippen molar-refractivity contribution in [3.05, 3.63) is 76.0 Å². The lowest BCUT2D eigenvalue weighted by atomic mass is 10.0. The number of hydrogen-bond acceptors (Lipinski definition) is 7. The van der Waals surface area contributed by atoms with Crippen molar-refractivity contribution in [1.82, 2.24) is 24.8 Å². The van der Waals surface area contributed by atoms with E-state index in [9.17, 15) is 18.0 Å². The molecule has 198 valence electrons. The van der Waals surface area contributed by atoms with E-state index in [0.29, 0.717) is 41.6 Å². The Balaban J connectivity index is 1.53. The van der Waals surface area contributed by atoms with Gasteiger partial charge in [0.15, 0.2) is 0 Å². The van der Waals surface area contributed by atoms with E-state index in [1.54, 1.807) is 13.8 Å². The first-order valence-corrected chi connectivity index (χ1v) is 12.0. The van der Waals surface area contributed by atoms with Crippen LogP contribution in [-0.2, 0) is 12.7 Å². The average molecular weight is 524 g/mol. The van der Waals surface area contributed by atoms with Crippen LogP contribution in [0.25, 0.3) is 0 Å². The van der Waals surface area contributed by atoms with E-state index in [0.717, 1.165) is 19.2 Å². The largest absolute Gasteiger partial charge is 0.416 e. The number of likely N-dealkylation sites (N-methyl/N-ethyl adjacent to an activating group) is 1. The van der Waals surface area contributed by atoms with Crippen LogP contribution in [0, 0.1) is 25.7 Å². The number of aromatic nitrogens is 3. The number of nitrogens with two attached hydrogens (primary N) is 1. The van der Waals surface area contributed by atoms with E-state index in [4.69, 9.17) is 5.73 Å². The Morgan fingerprint density at radius 1 is 1.05 bits per heavy atom. The molecular formula is C27H28F3N7O. The zero-order valence-corrected chi connectivity index (χ0v) is 21.4. The highest BCUT2D eigenvalue weighted by molar-refractivity contribution is 6.04. The van der Waals surface area contributed by atoms with Crippen molar-refractivity contribution in [2.24, 2.45) is 0 Å². The minimum atomic E-state index is -4.56. The standard InChI is InChI=1S/C27H28F3N7O/c1-17-19(4-7-23-15-33-25(31)18(2)34-23)12-21(14-32-17)26(38)35-22-6-5-20(24(13-22)27(28,29)30)16-37-10-8-36(3)9-11-37/h5-6,12-15H,8-11,16H2,1-3H3,(H2,31,33)(H,35,38). The molecule has 3 aromatic rings. The summed E-state index contributed by atoms with van der Waals surface area (Å²) >= 11 is 0. The minimum Gasteiger partial charge on any atom is -0.382 e. The lowest BCUT2D eigenvalue weighted by Crippen LogP contribution is -2.44. The predicted octanol–water partition coefficient (Wildman–Crippen LogP) is 3.49. The van der Waals surface area contributed by atoms with Gasteiger partial charge in [0.25, 0.3) is 5.91 Å². The van der Waals surface area contributed by atoms with Crippen LogP contribution < -0.4 is 11.1 Å². The molecule has 0 aliphatic carbocycles. The number of piperazine rings is 1. The molecule has 0 radical (unpaired) electrons. The summed E-state index contributed by atoms with van der Waals surface area (Å²) in [6.07, 6.45) is -1.75. The topological polar surface area (TPSA) is 100 Å². The lowest BCUT2D eigenvalue weighted by molar-refractivity contribution is -0.138. The van der Waals surface area contributed by atoms with Crippen molar-refractivity contribution in [3.8, 4) is 11.8 Å². The van der Waals surface area contributed by atoms with Crippen LogP contribution >= 0.6 is 0 Å². The summed E-state index contributed by atoms with van der Waals surface area (Å²) in [6, 6.07) is 5.43. The molecule has 2 aromatic heterocycles.